The van der Waals surface area contributed by atoms with Crippen LogP contribution in [0.15, 0.2) is 23.1 Å². The zero-order valence-electron chi connectivity index (χ0n) is 9.91. The van der Waals surface area contributed by atoms with Gasteiger partial charge in [-0.25, -0.2) is 8.51 Å². The van der Waals surface area contributed by atoms with Crippen molar-refractivity contribution in [1.82, 2.24) is 4.31 Å². The van der Waals surface area contributed by atoms with Crippen LogP contribution in [0.5, 0.6) is 0 Å². The first-order valence-corrected chi connectivity index (χ1v) is 6.44. The van der Waals surface area contributed by atoms with Crippen molar-refractivity contribution in [2.45, 2.75) is 32.6 Å². The standard InChI is InChI=1S/C12H19NOS/c1-5-13(6-2)15(14)12-8-10(3)7-11(4)9-12/h7-9H,5-6H2,1-4H3. The summed E-state index contributed by atoms with van der Waals surface area (Å²) in [4.78, 5) is 0.913. The number of benzene rings is 1. The first-order valence-electron chi connectivity index (χ1n) is 5.33. The molecular weight excluding hydrogens is 206 g/mol. The van der Waals surface area contributed by atoms with Crippen LogP contribution in [0.2, 0.25) is 0 Å². The molecule has 84 valence electrons. The van der Waals surface area contributed by atoms with Gasteiger partial charge in [0.2, 0.25) is 0 Å². The highest BCUT2D eigenvalue weighted by molar-refractivity contribution is 7.82. The van der Waals surface area contributed by atoms with Crippen LogP contribution < -0.4 is 0 Å². The Morgan fingerprint density at radius 1 is 1.07 bits per heavy atom. The molecular formula is C12H19NOS. The topological polar surface area (TPSA) is 20.3 Å². The summed E-state index contributed by atoms with van der Waals surface area (Å²) in [6.45, 7) is 9.77. The Kier molecular flexibility index (Phi) is 4.48. The van der Waals surface area contributed by atoms with Crippen LogP contribution in [0, 0.1) is 13.8 Å². The van der Waals surface area contributed by atoms with E-state index >= 15 is 0 Å². The van der Waals surface area contributed by atoms with Gasteiger partial charge < -0.3 is 0 Å². The fourth-order valence-corrected chi connectivity index (χ4v) is 2.98. The molecule has 0 saturated carbocycles. The maximum Gasteiger partial charge on any atom is 0.127 e. The van der Waals surface area contributed by atoms with Gasteiger partial charge in [0.25, 0.3) is 0 Å². The van der Waals surface area contributed by atoms with Crippen LogP contribution in [0.1, 0.15) is 25.0 Å². The van der Waals surface area contributed by atoms with Crippen molar-refractivity contribution < 1.29 is 4.21 Å². The molecule has 1 unspecified atom stereocenters. The van der Waals surface area contributed by atoms with Crippen LogP contribution in [0.3, 0.4) is 0 Å². The van der Waals surface area contributed by atoms with Crippen molar-refractivity contribution in [3.63, 3.8) is 0 Å². The first kappa shape index (κ1) is 12.4. The summed E-state index contributed by atoms with van der Waals surface area (Å²) in [7, 11) is -1.01. The molecule has 0 aromatic heterocycles. The first-order chi connectivity index (χ1) is 7.08. The second kappa shape index (κ2) is 5.42. The molecule has 0 amide bonds. The minimum Gasteiger partial charge on any atom is -0.237 e. The van der Waals surface area contributed by atoms with E-state index in [2.05, 4.69) is 6.07 Å². The summed E-state index contributed by atoms with van der Waals surface area (Å²) in [5.74, 6) is 0. The monoisotopic (exact) mass is 225 g/mol. The van der Waals surface area contributed by atoms with Crippen LogP contribution in [0.4, 0.5) is 0 Å². The summed E-state index contributed by atoms with van der Waals surface area (Å²) < 4.78 is 14.1. The fraction of sp³-hybridized carbons (Fsp3) is 0.500. The van der Waals surface area contributed by atoms with E-state index in [-0.39, 0.29) is 0 Å². The average Bonchev–Trinajstić information content (AvgIpc) is 2.18. The van der Waals surface area contributed by atoms with Gasteiger partial charge in [-0.15, -0.1) is 0 Å². The van der Waals surface area contributed by atoms with Crippen LogP contribution in [-0.4, -0.2) is 21.6 Å². The molecule has 1 aromatic carbocycles. The number of aryl methyl sites for hydroxylation is 2. The molecule has 0 bridgehead atoms. The summed E-state index contributed by atoms with van der Waals surface area (Å²) >= 11 is 0. The quantitative estimate of drug-likeness (QED) is 0.771. The maximum absolute atomic E-state index is 12.1. The third-order valence-corrected chi connectivity index (χ3v) is 3.96. The SMILES string of the molecule is CCN(CC)S(=O)c1cc(C)cc(C)c1. The minimum atomic E-state index is -1.01. The Bertz CT molecular complexity index is 338. The van der Waals surface area contributed by atoms with Crippen molar-refractivity contribution in [1.29, 1.82) is 0 Å². The molecule has 1 rings (SSSR count). The van der Waals surface area contributed by atoms with E-state index in [1.165, 1.54) is 11.1 Å². The molecule has 0 aliphatic carbocycles. The number of nitrogens with zero attached hydrogens (tertiary/aromatic N) is 1. The molecule has 0 spiro atoms. The van der Waals surface area contributed by atoms with Crippen LogP contribution in [-0.2, 0) is 11.0 Å². The highest BCUT2D eigenvalue weighted by Gasteiger charge is 2.11. The molecule has 0 fully saturated rings. The molecule has 3 heteroatoms. The van der Waals surface area contributed by atoms with Gasteiger partial charge in [0.15, 0.2) is 0 Å². The maximum atomic E-state index is 12.1. The zero-order chi connectivity index (χ0) is 11.4. The summed E-state index contributed by atoms with van der Waals surface area (Å²) in [5, 5.41) is 0. The van der Waals surface area contributed by atoms with E-state index in [4.69, 9.17) is 0 Å². The van der Waals surface area contributed by atoms with E-state index in [0.717, 1.165) is 18.0 Å². The van der Waals surface area contributed by atoms with E-state index in [1.54, 1.807) is 0 Å². The molecule has 0 saturated heterocycles. The van der Waals surface area contributed by atoms with Crippen molar-refractivity contribution in [2.24, 2.45) is 0 Å². The number of hydrogen-bond acceptors (Lipinski definition) is 1. The third kappa shape index (κ3) is 3.14. The average molecular weight is 225 g/mol. The lowest BCUT2D eigenvalue weighted by Crippen LogP contribution is -2.25. The minimum absolute atomic E-state index is 0.816. The summed E-state index contributed by atoms with van der Waals surface area (Å²) in [6, 6.07) is 6.10. The van der Waals surface area contributed by atoms with Crippen molar-refractivity contribution in [3.05, 3.63) is 29.3 Å². The molecule has 1 aromatic rings. The Hall–Kier alpha value is -0.670. The van der Waals surface area contributed by atoms with E-state index in [9.17, 15) is 4.21 Å². The molecule has 15 heavy (non-hydrogen) atoms. The van der Waals surface area contributed by atoms with Crippen LogP contribution >= 0.6 is 0 Å². The Morgan fingerprint density at radius 2 is 1.53 bits per heavy atom. The fourth-order valence-electron chi connectivity index (χ4n) is 1.64. The molecule has 0 radical (unpaired) electrons. The van der Waals surface area contributed by atoms with Crippen molar-refractivity contribution in [2.75, 3.05) is 13.1 Å². The van der Waals surface area contributed by atoms with Gasteiger partial charge in [-0.05, 0) is 37.1 Å². The van der Waals surface area contributed by atoms with Crippen LogP contribution in [0.25, 0.3) is 0 Å². The van der Waals surface area contributed by atoms with E-state index < -0.39 is 11.0 Å². The molecule has 1 atom stereocenters. The van der Waals surface area contributed by atoms with Gasteiger partial charge in [0.05, 0.1) is 4.90 Å². The normalized spacial score (nSPS) is 13.1. The van der Waals surface area contributed by atoms with Gasteiger partial charge in [-0.3, -0.25) is 0 Å². The second-order valence-corrected chi connectivity index (χ2v) is 5.17. The third-order valence-electron chi connectivity index (χ3n) is 2.34. The van der Waals surface area contributed by atoms with Crippen molar-refractivity contribution in [3.8, 4) is 0 Å². The van der Waals surface area contributed by atoms with Gasteiger partial charge in [-0.2, -0.15) is 0 Å². The Labute approximate surface area is 94.9 Å². The zero-order valence-corrected chi connectivity index (χ0v) is 10.7. The van der Waals surface area contributed by atoms with Gasteiger partial charge in [0, 0.05) is 13.1 Å². The van der Waals surface area contributed by atoms with Crippen molar-refractivity contribution >= 4 is 11.0 Å². The van der Waals surface area contributed by atoms with E-state index in [0.29, 0.717) is 0 Å². The lowest BCUT2D eigenvalue weighted by atomic mass is 10.2. The second-order valence-electron chi connectivity index (χ2n) is 3.69. The predicted molar refractivity (Wildman–Crippen MR) is 65.2 cm³/mol. The Morgan fingerprint density at radius 3 is 1.93 bits per heavy atom. The van der Waals surface area contributed by atoms with E-state index in [1.807, 2.05) is 44.1 Å². The number of rotatable bonds is 4. The smallest absolute Gasteiger partial charge is 0.127 e. The number of hydrogen-bond donors (Lipinski definition) is 0. The highest BCUT2D eigenvalue weighted by atomic mass is 32.2. The Balaban J connectivity index is 3.00. The highest BCUT2D eigenvalue weighted by Crippen LogP contribution is 2.15. The van der Waals surface area contributed by atoms with Gasteiger partial charge in [0.1, 0.15) is 11.0 Å². The summed E-state index contributed by atoms with van der Waals surface area (Å²) in [5.41, 5.74) is 2.34. The lowest BCUT2D eigenvalue weighted by molar-refractivity contribution is 0.489. The molecule has 0 aliphatic rings. The van der Waals surface area contributed by atoms with Gasteiger partial charge in [-0.1, -0.05) is 19.9 Å². The van der Waals surface area contributed by atoms with Gasteiger partial charge >= 0.3 is 0 Å². The molecule has 2 nitrogen and oxygen atoms in total. The molecule has 0 aliphatic heterocycles. The predicted octanol–water partition coefficient (Wildman–Crippen LogP) is 2.67. The lowest BCUT2D eigenvalue weighted by Gasteiger charge is -2.17. The largest absolute Gasteiger partial charge is 0.237 e. The summed E-state index contributed by atoms with van der Waals surface area (Å²) in [6.07, 6.45) is 0. The molecule has 0 heterocycles. The molecule has 0 N–H and O–H groups in total.